The molecule has 2 heterocycles. The molecule has 2 aliphatic rings. The molecule has 2 atom stereocenters. The number of benzene rings is 2. The van der Waals surface area contributed by atoms with Gasteiger partial charge < -0.3 is 9.64 Å². The first-order valence-corrected chi connectivity index (χ1v) is 9.52. The number of para-hydroxylation sites is 2. The average Bonchev–Trinajstić information content (AvgIpc) is 3.06. The Morgan fingerprint density at radius 3 is 2.48 bits per heavy atom. The molecule has 0 saturated carbocycles. The Balaban J connectivity index is 1.75. The lowest BCUT2D eigenvalue weighted by Gasteiger charge is -2.28. The fourth-order valence-electron chi connectivity index (χ4n) is 3.43. The molecule has 0 spiro atoms. The maximum atomic E-state index is 13.0. The van der Waals surface area contributed by atoms with E-state index in [1.807, 2.05) is 12.1 Å². The Bertz CT molecular complexity index is 914. The van der Waals surface area contributed by atoms with E-state index in [0.29, 0.717) is 17.9 Å². The number of amides is 1. The lowest BCUT2D eigenvalue weighted by atomic mass is 10.1. The highest BCUT2D eigenvalue weighted by Crippen LogP contribution is 2.37. The standard InChI is InChI=1S/C18H18N2O4S/c1-19-15-9-5-6-10-17(15)24-13-11-16(18(19)21)20(12-13)25(22,23)14-7-3-2-4-8-14/h2-10,13,16H,11-12H2,1H3. The normalized spacial score (nSPS) is 23.6. The Hall–Kier alpha value is -2.38. The summed E-state index contributed by atoms with van der Waals surface area (Å²) in [4.78, 5) is 14.6. The Morgan fingerprint density at radius 2 is 1.72 bits per heavy atom. The van der Waals surface area contributed by atoms with E-state index < -0.39 is 16.1 Å². The second-order valence-corrected chi connectivity index (χ2v) is 8.13. The van der Waals surface area contributed by atoms with Gasteiger partial charge in [0.15, 0.2) is 0 Å². The van der Waals surface area contributed by atoms with E-state index >= 15 is 0 Å². The molecule has 25 heavy (non-hydrogen) atoms. The molecule has 1 saturated heterocycles. The molecular formula is C18H18N2O4S. The molecule has 2 aromatic rings. The first-order valence-electron chi connectivity index (χ1n) is 8.08. The van der Waals surface area contributed by atoms with Gasteiger partial charge in [0.25, 0.3) is 0 Å². The molecule has 4 rings (SSSR count). The molecule has 0 radical (unpaired) electrons. The van der Waals surface area contributed by atoms with Crippen LogP contribution in [0.3, 0.4) is 0 Å². The van der Waals surface area contributed by atoms with Gasteiger partial charge in [0.05, 0.1) is 17.1 Å². The number of ether oxygens (including phenoxy) is 1. The molecule has 2 aliphatic heterocycles. The van der Waals surface area contributed by atoms with E-state index in [2.05, 4.69) is 0 Å². The van der Waals surface area contributed by atoms with Gasteiger partial charge in [0.2, 0.25) is 15.9 Å². The van der Waals surface area contributed by atoms with Crippen molar-refractivity contribution < 1.29 is 17.9 Å². The van der Waals surface area contributed by atoms with E-state index in [9.17, 15) is 13.2 Å². The van der Waals surface area contributed by atoms with Crippen LogP contribution in [0.15, 0.2) is 59.5 Å². The van der Waals surface area contributed by atoms with Crippen LogP contribution in [0.5, 0.6) is 5.75 Å². The van der Waals surface area contributed by atoms with Gasteiger partial charge in [-0.3, -0.25) is 4.79 Å². The van der Waals surface area contributed by atoms with Crippen LogP contribution in [0.2, 0.25) is 0 Å². The minimum atomic E-state index is -3.76. The molecule has 0 aromatic heterocycles. The van der Waals surface area contributed by atoms with Crippen molar-refractivity contribution in [1.29, 1.82) is 0 Å². The maximum Gasteiger partial charge on any atom is 0.245 e. The van der Waals surface area contributed by atoms with Crippen molar-refractivity contribution in [3.8, 4) is 5.75 Å². The minimum Gasteiger partial charge on any atom is -0.487 e. The SMILES string of the molecule is CN1C(=O)C2CC(CN2S(=O)(=O)c2ccccc2)Oc2ccccc21. The van der Waals surface area contributed by atoms with Gasteiger partial charge >= 0.3 is 0 Å². The van der Waals surface area contributed by atoms with Crippen molar-refractivity contribution in [2.24, 2.45) is 0 Å². The van der Waals surface area contributed by atoms with Gasteiger partial charge in [0.1, 0.15) is 17.9 Å². The lowest BCUT2D eigenvalue weighted by molar-refractivity contribution is -0.121. The molecule has 2 unspecified atom stereocenters. The summed E-state index contributed by atoms with van der Waals surface area (Å²) in [6.45, 7) is 0.163. The number of anilines is 1. The third kappa shape index (κ3) is 2.60. The monoisotopic (exact) mass is 358 g/mol. The fraction of sp³-hybridized carbons (Fsp3) is 0.278. The summed E-state index contributed by atoms with van der Waals surface area (Å²) in [6, 6.07) is 14.7. The van der Waals surface area contributed by atoms with Gasteiger partial charge in [-0.2, -0.15) is 4.31 Å². The van der Waals surface area contributed by atoms with Crippen molar-refractivity contribution in [2.45, 2.75) is 23.5 Å². The number of rotatable bonds is 2. The van der Waals surface area contributed by atoms with Crippen molar-refractivity contribution in [3.05, 3.63) is 54.6 Å². The van der Waals surface area contributed by atoms with E-state index in [-0.39, 0.29) is 23.5 Å². The highest BCUT2D eigenvalue weighted by atomic mass is 32.2. The van der Waals surface area contributed by atoms with Crippen LogP contribution in [0, 0.1) is 0 Å². The van der Waals surface area contributed by atoms with Crippen LogP contribution in [-0.2, 0) is 14.8 Å². The Morgan fingerprint density at radius 1 is 1.04 bits per heavy atom. The third-order valence-electron chi connectivity index (χ3n) is 4.70. The highest BCUT2D eigenvalue weighted by Gasteiger charge is 2.47. The summed E-state index contributed by atoms with van der Waals surface area (Å²) >= 11 is 0. The van der Waals surface area contributed by atoms with Gasteiger partial charge in [-0.1, -0.05) is 30.3 Å². The summed E-state index contributed by atoms with van der Waals surface area (Å²) in [7, 11) is -2.11. The molecule has 1 fully saturated rings. The molecule has 2 aromatic carbocycles. The average molecular weight is 358 g/mol. The first-order chi connectivity index (χ1) is 12.0. The third-order valence-corrected chi connectivity index (χ3v) is 6.59. The lowest BCUT2D eigenvalue weighted by Crippen LogP contribution is -2.46. The van der Waals surface area contributed by atoms with E-state index in [4.69, 9.17) is 4.74 Å². The van der Waals surface area contributed by atoms with Gasteiger partial charge in [-0.15, -0.1) is 0 Å². The van der Waals surface area contributed by atoms with Crippen molar-refractivity contribution in [1.82, 2.24) is 4.31 Å². The number of hydrogen-bond acceptors (Lipinski definition) is 4. The van der Waals surface area contributed by atoms with Crippen molar-refractivity contribution >= 4 is 21.6 Å². The maximum absolute atomic E-state index is 13.0. The van der Waals surface area contributed by atoms with Gasteiger partial charge in [-0.05, 0) is 24.3 Å². The Kier molecular flexibility index (Phi) is 3.77. The number of fused-ring (bicyclic) bond motifs is 3. The van der Waals surface area contributed by atoms with Crippen LogP contribution in [0.4, 0.5) is 5.69 Å². The fourth-order valence-corrected chi connectivity index (χ4v) is 5.07. The number of hydrogen-bond donors (Lipinski definition) is 0. The molecule has 7 heteroatoms. The van der Waals surface area contributed by atoms with Crippen LogP contribution < -0.4 is 9.64 Å². The van der Waals surface area contributed by atoms with Crippen LogP contribution in [-0.4, -0.2) is 44.4 Å². The summed E-state index contributed by atoms with van der Waals surface area (Å²) in [5.41, 5.74) is 0.654. The summed E-state index contributed by atoms with van der Waals surface area (Å²) < 4.78 is 33.3. The van der Waals surface area contributed by atoms with E-state index in [1.54, 1.807) is 49.5 Å². The smallest absolute Gasteiger partial charge is 0.245 e. The number of likely N-dealkylation sites (N-methyl/N-ethyl adjacent to an activating group) is 1. The molecule has 1 amide bonds. The first kappa shape index (κ1) is 16.1. The molecule has 6 nitrogen and oxygen atoms in total. The zero-order valence-corrected chi connectivity index (χ0v) is 14.5. The molecule has 0 N–H and O–H groups in total. The van der Waals surface area contributed by atoms with Crippen LogP contribution in [0.1, 0.15) is 6.42 Å². The van der Waals surface area contributed by atoms with Gasteiger partial charge in [0, 0.05) is 13.5 Å². The number of carbonyl (C=O) groups excluding carboxylic acids is 1. The molecule has 130 valence electrons. The quantitative estimate of drug-likeness (QED) is 0.822. The molecule has 2 bridgehead atoms. The number of carbonyl (C=O) groups is 1. The van der Waals surface area contributed by atoms with E-state index in [0.717, 1.165) is 0 Å². The van der Waals surface area contributed by atoms with E-state index in [1.165, 1.54) is 9.21 Å². The largest absolute Gasteiger partial charge is 0.487 e. The number of sulfonamides is 1. The minimum absolute atomic E-state index is 0.163. The summed E-state index contributed by atoms with van der Waals surface area (Å²) in [5, 5.41) is 0. The van der Waals surface area contributed by atoms with Crippen molar-refractivity contribution in [2.75, 3.05) is 18.5 Å². The Labute approximate surface area is 146 Å². The predicted octanol–water partition coefficient (Wildman–Crippen LogP) is 1.87. The van der Waals surface area contributed by atoms with Crippen LogP contribution in [0.25, 0.3) is 0 Å². The predicted molar refractivity (Wildman–Crippen MR) is 93.0 cm³/mol. The second-order valence-electron chi connectivity index (χ2n) is 6.24. The van der Waals surface area contributed by atoms with Gasteiger partial charge in [-0.25, -0.2) is 8.42 Å². The van der Waals surface area contributed by atoms with Crippen LogP contribution >= 0.6 is 0 Å². The summed E-state index contributed by atoms with van der Waals surface area (Å²) in [5.74, 6) is 0.360. The zero-order valence-electron chi connectivity index (χ0n) is 13.7. The topological polar surface area (TPSA) is 66.9 Å². The molecule has 0 aliphatic carbocycles. The summed E-state index contributed by atoms with van der Waals surface area (Å²) in [6.07, 6.45) is 0.00566. The molecular weight excluding hydrogens is 340 g/mol. The zero-order chi connectivity index (χ0) is 17.6. The van der Waals surface area contributed by atoms with Crippen molar-refractivity contribution in [3.63, 3.8) is 0 Å². The second kappa shape index (κ2) is 5.86. The number of nitrogens with zero attached hydrogens (tertiary/aromatic N) is 2. The highest BCUT2D eigenvalue weighted by molar-refractivity contribution is 7.89.